The Labute approximate surface area is 350 Å². The van der Waals surface area contributed by atoms with Crippen molar-refractivity contribution in [1.29, 1.82) is 0 Å². The van der Waals surface area contributed by atoms with Crippen LogP contribution in [0.2, 0.25) is 0 Å². The molecule has 0 amide bonds. The van der Waals surface area contributed by atoms with E-state index in [9.17, 15) is 9.59 Å². The van der Waals surface area contributed by atoms with Crippen LogP contribution in [0.1, 0.15) is 65.0 Å². The summed E-state index contributed by atoms with van der Waals surface area (Å²) in [6, 6.07) is 40.5. The van der Waals surface area contributed by atoms with Crippen molar-refractivity contribution < 1.29 is 23.5 Å². The highest BCUT2D eigenvalue weighted by molar-refractivity contribution is 9.10. The van der Waals surface area contributed by atoms with Crippen LogP contribution in [0.15, 0.2) is 143 Å². The molecule has 2 aliphatic rings. The number of esters is 2. The van der Waals surface area contributed by atoms with E-state index >= 15 is 0 Å². The number of halogens is 1. The third-order valence-electron chi connectivity index (χ3n) is 10.5. The van der Waals surface area contributed by atoms with Crippen LogP contribution < -0.4 is 0 Å². The summed E-state index contributed by atoms with van der Waals surface area (Å²) >= 11 is 3.95. The Hall–Kier alpha value is -6.66. The van der Waals surface area contributed by atoms with E-state index < -0.39 is 24.3 Å². The monoisotopic (exact) mass is 848 g/mol. The molecule has 1 aliphatic heterocycles. The zero-order valence-electron chi connectivity index (χ0n) is 33.0. The topological polar surface area (TPSA) is 127 Å². The van der Waals surface area contributed by atoms with Crippen molar-refractivity contribution in [3.8, 4) is 33.6 Å². The Bertz CT molecular complexity index is 2610. The number of aryl methyl sites for hydroxylation is 2. The number of benzene rings is 4. The number of carbonyl (C=O) groups is 2. The van der Waals surface area contributed by atoms with E-state index in [2.05, 4.69) is 52.3 Å². The second kappa shape index (κ2) is 16.7. The molecule has 4 aromatic carbocycles. The molecule has 6 aromatic rings. The molecule has 2 aromatic heterocycles. The maximum absolute atomic E-state index is 13.7. The second-order valence-electron chi connectivity index (χ2n) is 14.4. The molecule has 0 saturated carbocycles. The van der Waals surface area contributed by atoms with Gasteiger partial charge in [0.25, 0.3) is 0 Å². The molecule has 59 heavy (non-hydrogen) atoms. The normalized spacial score (nSPS) is 11.6. The number of tetrazole rings is 1. The summed E-state index contributed by atoms with van der Waals surface area (Å²) < 4.78 is 19.0. The van der Waals surface area contributed by atoms with Crippen molar-refractivity contribution in [2.24, 2.45) is 5.92 Å². The van der Waals surface area contributed by atoms with Gasteiger partial charge < -0.3 is 18.5 Å². The van der Waals surface area contributed by atoms with Crippen LogP contribution in [-0.4, -0.2) is 48.5 Å². The number of carbonyl (C=O) groups excluding carboxylic acids is 2. The molecular weight excluding hydrogens is 808 g/mol. The Kier molecular flexibility index (Phi) is 11.1. The minimum absolute atomic E-state index is 0.259. The minimum Gasteiger partial charge on any atom is -0.472 e. The maximum atomic E-state index is 13.7. The second-order valence-corrected chi connectivity index (χ2v) is 15.2. The smallest absolute Gasteiger partial charge is 0.359 e. The Morgan fingerprint density at radius 3 is 1.97 bits per heavy atom. The van der Waals surface area contributed by atoms with Crippen LogP contribution in [0.4, 0.5) is 0 Å². The van der Waals surface area contributed by atoms with Crippen molar-refractivity contribution in [2.75, 3.05) is 6.79 Å². The van der Waals surface area contributed by atoms with E-state index in [-0.39, 0.29) is 18.2 Å². The Morgan fingerprint density at radius 2 is 1.37 bits per heavy atom. The zero-order valence-corrected chi connectivity index (χ0v) is 34.6. The molecule has 0 spiro atoms. The maximum Gasteiger partial charge on any atom is 0.359 e. The first kappa shape index (κ1) is 39.2. The largest absolute Gasteiger partial charge is 0.472 e. The highest BCUT2D eigenvalue weighted by Gasteiger charge is 2.41. The predicted octanol–water partition coefficient (Wildman–Crippen LogP) is 9.74. The lowest BCUT2D eigenvalue weighted by Gasteiger charge is -2.34. The van der Waals surface area contributed by atoms with Crippen molar-refractivity contribution in [3.63, 3.8) is 0 Å². The van der Waals surface area contributed by atoms with Gasteiger partial charge in [-0.15, -0.1) is 15.0 Å². The molecule has 0 saturated heterocycles. The fourth-order valence-electron chi connectivity index (χ4n) is 7.76. The minimum atomic E-state index is -0.958. The molecule has 8 rings (SSSR count). The van der Waals surface area contributed by atoms with Gasteiger partial charge in [0.15, 0.2) is 11.2 Å². The van der Waals surface area contributed by atoms with Gasteiger partial charge in [0.05, 0.1) is 30.7 Å². The van der Waals surface area contributed by atoms with Gasteiger partial charge in [-0.3, -0.25) is 4.79 Å². The Balaban J connectivity index is 1.27. The highest BCUT2D eigenvalue weighted by Crippen LogP contribution is 2.49. The van der Waals surface area contributed by atoms with Crippen LogP contribution in [0.25, 0.3) is 33.6 Å². The molecule has 0 atom stereocenters. The summed E-state index contributed by atoms with van der Waals surface area (Å²) in [5, 5.41) is 14.8. The van der Waals surface area contributed by atoms with E-state index in [1.165, 1.54) is 0 Å². The lowest BCUT2D eigenvalue weighted by Crippen LogP contribution is -2.39. The van der Waals surface area contributed by atoms with Gasteiger partial charge in [-0.25, -0.2) is 9.78 Å². The molecule has 1 aliphatic carbocycles. The summed E-state index contributed by atoms with van der Waals surface area (Å²) in [6.45, 7) is 6.95. The number of hydrogen-bond donors (Lipinski definition) is 0. The molecule has 3 heterocycles. The van der Waals surface area contributed by atoms with Gasteiger partial charge in [-0.1, -0.05) is 136 Å². The van der Waals surface area contributed by atoms with Gasteiger partial charge in [-0.2, -0.15) is 0 Å². The molecule has 0 bridgehead atoms. The first-order valence-corrected chi connectivity index (χ1v) is 20.2. The van der Waals surface area contributed by atoms with Crippen LogP contribution >= 0.6 is 15.9 Å². The quantitative estimate of drug-likeness (QED) is 0.0633. The molecule has 12 heteroatoms. The fraction of sp³-hybridized carbons (Fsp3) is 0.191. The number of aromatic nitrogens is 6. The first-order chi connectivity index (χ1) is 28.7. The van der Waals surface area contributed by atoms with Gasteiger partial charge in [0.1, 0.15) is 5.82 Å². The Morgan fingerprint density at radius 1 is 0.780 bits per heavy atom. The van der Waals surface area contributed by atoms with E-state index in [1.54, 1.807) is 38.1 Å². The van der Waals surface area contributed by atoms with Crippen molar-refractivity contribution in [2.45, 2.75) is 46.2 Å². The summed E-state index contributed by atoms with van der Waals surface area (Å²) in [7, 11) is 0. The first-order valence-electron chi connectivity index (χ1n) is 19.4. The molecule has 0 N–H and O–H groups in total. The van der Waals surface area contributed by atoms with Crippen molar-refractivity contribution >= 4 is 27.9 Å². The lowest BCUT2D eigenvalue weighted by molar-refractivity contribution is -0.155. The van der Waals surface area contributed by atoms with E-state index in [4.69, 9.17) is 34.3 Å². The average Bonchev–Trinajstić information content (AvgIpc) is 3.96. The average molecular weight is 850 g/mol. The number of fused-ring (bicyclic) bond motifs is 1. The van der Waals surface area contributed by atoms with Crippen molar-refractivity contribution in [1.82, 2.24) is 29.8 Å². The zero-order chi connectivity index (χ0) is 41.1. The van der Waals surface area contributed by atoms with Crippen LogP contribution in [0, 0.1) is 12.8 Å². The van der Waals surface area contributed by atoms with Gasteiger partial charge in [0, 0.05) is 27.6 Å². The third kappa shape index (κ3) is 7.14. The molecular formula is C47H41BrN6O5. The molecule has 0 radical (unpaired) electrons. The van der Waals surface area contributed by atoms with E-state index in [0.717, 1.165) is 54.5 Å². The van der Waals surface area contributed by atoms with E-state index in [1.807, 2.05) is 96.4 Å². The van der Waals surface area contributed by atoms with Crippen LogP contribution in [-0.2, 0) is 32.8 Å². The highest BCUT2D eigenvalue weighted by atomic mass is 79.9. The van der Waals surface area contributed by atoms with E-state index in [0.29, 0.717) is 23.8 Å². The number of nitrogens with zero attached hydrogens (tertiary/aromatic N) is 6. The SMILES string of the molecule is CCc1nc(C)c(C(=O)OCOC(=O)C(C)C)n1Cc1c2ccocc-2c(Br)c1-c1ccccc1-c1nnn(C(c2ccccc2)(c2ccccc2)c2ccccc2)n1. The van der Waals surface area contributed by atoms with Gasteiger partial charge >= 0.3 is 11.9 Å². The summed E-state index contributed by atoms with van der Waals surface area (Å²) in [4.78, 5) is 32.3. The lowest BCUT2D eigenvalue weighted by atomic mass is 9.77. The molecule has 0 fully saturated rings. The molecule has 11 nitrogen and oxygen atoms in total. The summed E-state index contributed by atoms with van der Waals surface area (Å²) in [5.74, 6) is -0.336. The summed E-state index contributed by atoms with van der Waals surface area (Å²) in [6.07, 6.45) is 3.89. The summed E-state index contributed by atoms with van der Waals surface area (Å²) in [5.41, 5.74) is 7.87. The predicted molar refractivity (Wildman–Crippen MR) is 227 cm³/mol. The van der Waals surface area contributed by atoms with Crippen LogP contribution in [0.5, 0.6) is 0 Å². The number of ether oxygens (including phenoxy) is 2. The fourth-order valence-corrected chi connectivity index (χ4v) is 8.52. The third-order valence-corrected chi connectivity index (χ3v) is 11.3. The van der Waals surface area contributed by atoms with Crippen LogP contribution in [0.3, 0.4) is 0 Å². The standard InChI is InChI=1S/C47H41BrN6O5/c1-5-40-49-31(4)43(46(56)59-29-58-45(55)30(2)3)53(40)27-38-35-25-26-57-28-39(35)42(48)41(38)36-23-15-16-24-37(36)44-50-52-54(51-44)47(32-17-9-6-10-18-32,33-19-11-7-12-20-33)34-21-13-8-14-22-34/h6-26,28,30H,5,27,29H2,1-4H3. The number of imidazole rings is 1. The van der Waals surface area contributed by atoms with Gasteiger partial charge in [0.2, 0.25) is 12.6 Å². The number of rotatable bonds is 13. The van der Waals surface area contributed by atoms with Crippen molar-refractivity contribution in [3.05, 3.63) is 178 Å². The molecule has 296 valence electrons. The molecule has 0 unspecified atom stereocenters. The van der Waals surface area contributed by atoms with Gasteiger partial charge in [-0.05, 0) is 67.5 Å². The number of hydrogen-bond acceptors (Lipinski definition) is 9.